The van der Waals surface area contributed by atoms with E-state index in [4.69, 9.17) is 10.5 Å². The lowest BCUT2D eigenvalue weighted by atomic mass is 10.1. The number of halogens is 4. The highest BCUT2D eigenvalue weighted by Gasteiger charge is 2.27. The number of anilines is 8. The fourth-order valence-electron chi connectivity index (χ4n) is 5.84. The smallest absolute Gasteiger partial charge is 0.410 e. The molecular formula is C51H55F4N11O3. The van der Waals surface area contributed by atoms with Crippen LogP contribution in [0.1, 0.15) is 76.6 Å². The van der Waals surface area contributed by atoms with Gasteiger partial charge in [-0.05, 0) is 113 Å². The van der Waals surface area contributed by atoms with Gasteiger partial charge in [-0.2, -0.15) is 9.97 Å². The monoisotopic (exact) mass is 945 g/mol. The summed E-state index contributed by atoms with van der Waals surface area (Å²) in [5.41, 5.74) is 8.10. The largest absolute Gasteiger partial charge is 0.444 e. The van der Waals surface area contributed by atoms with Crippen molar-refractivity contribution in [3.8, 4) is 23.7 Å². The second kappa shape index (κ2) is 24.6. The van der Waals surface area contributed by atoms with Crippen molar-refractivity contribution in [3.63, 3.8) is 0 Å². The number of nitrogens with two attached hydrogens (primary N) is 1. The number of amides is 1. The zero-order valence-corrected chi connectivity index (χ0v) is 39.3. The third-order valence-electron chi connectivity index (χ3n) is 9.51. The maximum absolute atomic E-state index is 14.7. The van der Waals surface area contributed by atoms with Crippen molar-refractivity contribution in [3.05, 3.63) is 143 Å². The Morgan fingerprint density at radius 2 is 1.19 bits per heavy atom. The van der Waals surface area contributed by atoms with Gasteiger partial charge in [0.05, 0.1) is 40.7 Å². The minimum absolute atomic E-state index is 0.0822. The molecule has 6 aromatic rings. The van der Waals surface area contributed by atoms with Crippen LogP contribution in [-0.4, -0.2) is 74.0 Å². The average Bonchev–Trinajstić information content (AvgIpc) is 3.30. The number of hydrogen-bond acceptors (Lipinski definition) is 13. The standard InChI is InChI=1S/C30H36F2N6O3.C21H19F2N5/c1-7-15-33-26-21(18-34-28(37-26)36-23-10-8-9-22(31)17-23)12-11-20-16-24(13-14-25(20)32)35-27(39)19(2)38(6)29(40)41-30(3,4)5;1-2-10-25-20-15(7-6-14-11-17(24)8-9-19(14)23)13-26-21(28-20)27-18-5-3-4-16(22)12-18/h8-10,13-14,16-19,27,35,39H,7,15H2,1-6H3,(H2,33,34,36,37);3-5,8-9,11-13H,2,10,24H2,1H3,(H2,25,26,27,28)/t19-,27?;/m0./s1. The average molecular weight is 946 g/mol. The molecule has 18 heteroatoms. The van der Waals surface area contributed by atoms with Gasteiger partial charge in [0, 0.05) is 42.9 Å². The molecule has 4 aromatic carbocycles. The van der Waals surface area contributed by atoms with Crippen molar-refractivity contribution < 1.29 is 32.2 Å². The molecule has 0 aliphatic carbocycles. The number of ether oxygens (including phenoxy) is 1. The summed E-state index contributed by atoms with van der Waals surface area (Å²) in [7, 11) is 1.52. The Kier molecular flexibility index (Phi) is 18.5. The maximum Gasteiger partial charge on any atom is 0.410 e. The Hall–Kier alpha value is -8.09. The van der Waals surface area contributed by atoms with Crippen molar-refractivity contribution in [2.24, 2.45) is 0 Å². The SMILES string of the molecule is CCCNc1nc(Nc2cccc(F)c2)ncc1C#Cc1cc(N)ccc1F.CCCNc1nc(Nc2cccc(F)c2)ncc1C#Cc1cc(NC(O)[C@H](C)N(C)C(=O)OC(C)(C)C)ccc1F. The number of nitrogens with zero attached hydrogens (tertiary/aromatic N) is 5. The van der Waals surface area contributed by atoms with E-state index >= 15 is 0 Å². The predicted molar refractivity (Wildman–Crippen MR) is 263 cm³/mol. The number of benzene rings is 4. The van der Waals surface area contributed by atoms with Gasteiger partial charge in [-0.1, -0.05) is 49.7 Å². The first-order valence-electron chi connectivity index (χ1n) is 22.0. The molecule has 2 heterocycles. The summed E-state index contributed by atoms with van der Waals surface area (Å²) in [5.74, 6) is 11.1. The fourth-order valence-corrected chi connectivity index (χ4v) is 5.84. The van der Waals surface area contributed by atoms with Gasteiger partial charge in [0.25, 0.3) is 0 Å². The summed E-state index contributed by atoms with van der Waals surface area (Å²) in [5, 5.41) is 25.8. The van der Waals surface area contributed by atoms with Gasteiger partial charge in [-0.3, -0.25) is 0 Å². The lowest BCUT2D eigenvalue weighted by Crippen LogP contribution is -2.47. The molecule has 360 valence electrons. The molecule has 1 amide bonds. The summed E-state index contributed by atoms with van der Waals surface area (Å²) in [6.45, 7) is 12.2. The van der Waals surface area contributed by atoms with E-state index in [9.17, 15) is 27.5 Å². The number of aliphatic hydroxyl groups is 1. The molecule has 2 aromatic heterocycles. The minimum Gasteiger partial charge on any atom is -0.444 e. The quantitative estimate of drug-likeness (QED) is 0.0237. The normalized spacial score (nSPS) is 11.5. The molecular weight excluding hydrogens is 891 g/mol. The van der Waals surface area contributed by atoms with Gasteiger partial charge < -0.3 is 47.1 Å². The zero-order valence-electron chi connectivity index (χ0n) is 39.3. The Balaban J connectivity index is 0.000000276. The molecule has 0 bridgehead atoms. The van der Waals surface area contributed by atoms with E-state index in [0.717, 1.165) is 12.8 Å². The van der Waals surface area contributed by atoms with E-state index in [1.54, 1.807) is 52.0 Å². The fraction of sp³-hybridized carbons (Fsp3) is 0.275. The van der Waals surface area contributed by atoms with E-state index in [0.29, 0.717) is 64.6 Å². The molecule has 0 fully saturated rings. The zero-order chi connectivity index (χ0) is 50.1. The van der Waals surface area contributed by atoms with Crippen molar-refractivity contribution in [2.45, 2.75) is 72.3 Å². The van der Waals surface area contributed by atoms with Gasteiger partial charge in [0.1, 0.15) is 46.7 Å². The van der Waals surface area contributed by atoms with Crippen molar-refractivity contribution >= 4 is 52.4 Å². The first-order chi connectivity index (χ1) is 32.9. The van der Waals surface area contributed by atoms with Crippen molar-refractivity contribution in [2.75, 3.05) is 52.5 Å². The highest BCUT2D eigenvalue weighted by Crippen LogP contribution is 2.22. The molecule has 0 radical (unpaired) electrons. The lowest BCUT2D eigenvalue weighted by Gasteiger charge is -2.31. The molecule has 2 atom stereocenters. The number of hydrogen-bond donors (Lipinski definition) is 7. The van der Waals surface area contributed by atoms with E-state index in [1.807, 2.05) is 13.8 Å². The van der Waals surface area contributed by atoms with Crippen molar-refractivity contribution in [1.82, 2.24) is 24.8 Å². The van der Waals surface area contributed by atoms with Crippen molar-refractivity contribution in [1.29, 1.82) is 0 Å². The molecule has 8 N–H and O–H groups in total. The van der Waals surface area contributed by atoms with Crippen LogP contribution >= 0.6 is 0 Å². The van der Waals surface area contributed by atoms with E-state index < -0.39 is 41.4 Å². The third-order valence-corrected chi connectivity index (χ3v) is 9.51. The number of carbonyl (C=O) groups excluding carboxylic acids is 1. The van der Waals surface area contributed by atoms with Crippen LogP contribution in [0.2, 0.25) is 0 Å². The highest BCUT2D eigenvalue weighted by atomic mass is 19.1. The summed E-state index contributed by atoms with van der Waals surface area (Å²) < 4.78 is 60.8. The molecule has 0 aliphatic rings. The van der Waals surface area contributed by atoms with E-state index in [1.165, 1.54) is 85.0 Å². The Morgan fingerprint density at radius 1 is 0.710 bits per heavy atom. The maximum atomic E-state index is 14.7. The number of nitrogen functional groups attached to an aromatic ring is 1. The molecule has 0 aliphatic heterocycles. The number of aliphatic hydroxyl groups excluding tert-OH is 1. The number of carbonyl (C=O) groups is 1. The summed E-state index contributed by atoms with van der Waals surface area (Å²) in [6.07, 6.45) is 2.99. The van der Waals surface area contributed by atoms with Gasteiger partial charge in [-0.15, -0.1) is 0 Å². The van der Waals surface area contributed by atoms with E-state index in [2.05, 4.69) is 70.2 Å². The van der Waals surface area contributed by atoms with Crippen LogP contribution < -0.4 is 32.3 Å². The first kappa shape index (κ1) is 51.9. The second-order valence-electron chi connectivity index (χ2n) is 16.4. The summed E-state index contributed by atoms with van der Waals surface area (Å²) in [4.78, 5) is 31.0. The second-order valence-corrected chi connectivity index (χ2v) is 16.4. The molecule has 1 unspecified atom stereocenters. The number of likely N-dealkylation sites (N-methyl/N-ethyl adjacent to an activating group) is 1. The Bertz CT molecular complexity index is 2840. The predicted octanol–water partition coefficient (Wildman–Crippen LogP) is 10.0. The summed E-state index contributed by atoms with van der Waals surface area (Å²) in [6, 6.07) is 19.7. The molecule has 14 nitrogen and oxygen atoms in total. The van der Waals surface area contributed by atoms with Crippen LogP contribution in [0.25, 0.3) is 0 Å². The third kappa shape index (κ3) is 16.3. The van der Waals surface area contributed by atoms with Crippen LogP contribution in [0, 0.1) is 47.0 Å². The van der Waals surface area contributed by atoms with Crippen LogP contribution in [0.3, 0.4) is 0 Å². The van der Waals surface area contributed by atoms with Gasteiger partial charge >= 0.3 is 6.09 Å². The minimum atomic E-state index is -1.17. The molecule has 0 spiro atoms. The lowest BCUT2D eigenvalue weighted by molar-refractivity contribution is 0.00962. The van der Waals surface area contributed by atoms with Crippen LogP contribution in [0.5, 0.6) is 0 Å². The van der Waals surface area contributed by atoms with E-state index in [-0.39, 0.29) is 22.9 Å². The molecule has 0 saturated carbocycles. The molecule has 6 rings (SSSR count). The number of aromatic nitrogens is 4. The Labute approximate surface area is 399 Å². The Morgan fingerprint density at radius 3 is 1.67 bits per heavy atom. The molecule has 69 heavy (non-hydrogen) atoms. The topological polar surface area (TPSA) is 187 Å². The molecule has 0 saturated heterocycles. The van der Waals surface area contributed by atoms with Crippen LogP contribution in [0.15, 0.2) is 97.3 Å². The highest BCUT2D eigenvalue weighted by molar-refractivity contribution is 5.68. The van der Waals surface area contributed by atoms with Crippen LogP contribution in [0.4, 0.5) is 68.6 Å². The summed E-state index contributed by atoms with van der Waals surface area (Å²) >= 11 is 0. The van der Waals surface area contributed by atoms with Gasteiger partial charge in [-0.25, -0.2) is 32.3 Å². The number of rotatable bonds is 14. The first-order valence-corrected chi connectivity index (χ1v) is 22.0. The number of nitrogens with one attached hydrogen (secondary N) is 5. The van der Waals surface area contributed by atoms with Gasteiger partial charge in [0.2, 0.25) is 11.9 Å². The van der Waals surface area contributed by atoms with Gasteiger partial charge in [0.15, 0.2) is 0 Å². The van der Waals surface area contributed by atoms with Crippen LogP contribution in [-0.2, 0) is 4.74 Å².